The van der Waals surface area contributed by atoms with Gasteiger partial charge in [0.05, 0.1) is 0 Å². The van der Waals surface area contributed by atoms with Gasteiger partial charge in [-0.25, -0.2) is 17.6 Å². The fraction of sp³-hybridized carbons (Fsp3) is 0.250. The smallest absolute Gasteiger partial charge is 0.429 e. The van der Waals surface area contributed by atoms with Gasteiger partial charge in [0.25, 0.3) is 0 Å². The first-order valence-corrected chi connectivity index (χ1v) is 12.8. The Labute approximate surface area is 223 Å². The summed E-state index contributed by atoms with van der Waals surface area (Å²) in [5.74, 6) is -5.57. The number of fused-ring (bicyclic) bond motifs is 1. The Kier molecular flexibility index (Phi) is 7.19. The summed E-state index contributed by atoms with van der Waals surface area (Å²) in [6.45, 7) is 3.31. The van der Waals surface area contributed by atoms with Crippen LogP contribution in [0.1, 0.15) is 42.0 Å². The SMILES string of the molecule is CCCC1Cc2ccc(-c3ccc(-c4cc(F)c(C(F)(F)Oc5cc(F)c(C)c(F)c5)c(F)c4)cc3)cc2C1. The van der Waals surface area contributed by atoms with E-state index in [1.807, 2.05) is 12.1 Å². The molecule has 0 amide bonds. The van der Waals surface area contributed by atoms with Gasteiger partial charge in [-0.2, -0.15) is 8.78 Å². The molecule has 1 aliphatic carbocycles. The van der Waals surface area contributed by atoms with Crippen molar-refractivity contribution < 1.29 is 31.1 Å². The molecule has 1 atom stereocenters. The summed E-state index contributed by atoms with van der Waals surface area (Å²) >= 11 is 0. The maximum Gasteiger partial charge on any atom is 0.432 e. The van der Waals surface area contributed by atoms with Crippen LogP contribution in [0.3, 0.4) is 0 Å². The summed E-state index contributed by atoms with van der Waals surface area (Å²) in [6.07, 6.45) is -0.00676. The lowest BCUT2D eigenvalue weighted by atomic mass is 9.97. The quantitative estimate of drug-likeness (QED) is 0.212. The van der Waals surface area contributed by atoms with Gasteiger partial charge in [0, 0.05) is 17.7 Å². The first kappa shape index (κ1) is 26.9. The third-order valence-electron chi connectivity index (χ3n) is 7.31. The summed E-state index contributed by atoms with van der Waals surface area (Å²) in [6, 6.07) is 16.0. The average Bonchev–Trinajstić information content (AvgIpc) is 3.28. The van der Waals surface area contributed by atoms with E-state index in [1.54, 1.807) is 12.1 Å². The minimum Gasteiger partial charge on any atom is -0.429 e. The third kappa shape index (κ3) is 5.40. The van der Waals surface area contributed by atoms with Gasteiger partial charge >= 0.3 is 6.11 Å². The van der Waals surface area contributed by atoms with Crippen LogP contribution in [0.25, 0.3) is 22.3 Å². The molecule has 0 fully saturated rings. The monoisotopic (exact) mass is 540 g/mol. The van der Waals surface area contributed by atoms with E-state index < -0.39 is 46.3 Å². The summed E-state index contributed by atoms with van der Waals surface area (Å²) in [5.41, 5.74) is 3.12. The van der Waals surface area contributed by atoms with Crippen molar-refractivity contribution in [3.05, 3.63) is 112 Å². The summed E-state index contributed by atoms with van der Waals surface area (Å²) < 4.78 is 90.9. The summed E-state index contributed by atoms with van der Waals surface area (Å²) in [5, 5.41) is 0. The van der Waals surface area contributed by atoms with Crippen LogP contribution in [-0.4, -0.2) is 0 Å². The Hall–Kier alpha value is -3.74. The lowest BCUT2D eigenvalue weighted by molar-refractivity contribution is -0.189. The van der Waals surface area contributed by atoms with Crippen LogP contribution in [0.5, 0.6) is 5.75 Å². The minimum atomic E-state index is -4.52. The molecule has 1 unspecified atom stereocenters. The van der Waals surface area contributed by atoms with Crippen molar-refractivity contribution in [3.8, 4) is 28.0 Å². The van der Waals surface area contributed by atoms with Crippen molar-refractivity contribution in [1.82, 2.24) is 0 Å². The van der Waals surface area contributed by atoms with Gasteiger partial charge in [0.1, 0.15) is 34.6 Å². The van der Waals surface area contributed by atoms with Crippen LogP contribution < -0.4 is 4.74 Å². The molecule has 0 aromatic heterocycles. The molecular weight excluding hydrogens is 514 g/mol. The molecule has 0 aliphatic heterocycles. The Balaban J connectivity index is 1.38. The number of hydrogen-bond donors (Lipinski definition) is 0. The van der Waals surface area contributed by atoms with E-state index in [0.717, 1.165) is 49.4 Å². The molecule has 0 N–H and O–H groups in total. The maximum atomic E-state index is 14.8. The second-order valence-electron chi connectivity index (χ2n) is 10.1. The van der Waals surface area contributed by atoms with Gasteiger partial charge < -0.3 is 4.74 Å². The number of benzene rings is 4. The molecule has 5 rings (SSSR count). The lowest BCUT2D eigenvalue weighted by Gasteiger charge is -2.20. The molecule has 202 valence electrons. The van der Waals surface area contributed by atoms with Gasteiger partial charge in [-0.05, 0) is 71.2 Å². The molecule has 0 saturated heterocycles. The zero-order chi connectivity index (χ0) is 27.9. The highest BCUT2D eigenvalue weighted by molar-refractivity contribution is 5.71. The van der Waals surface area contributed by atoms with Crippen LogP contribution in [0.15, 0.2) is 66.7 Å². The van der Waals surface area contributed by atoms with Crippen LogP contribution in [-0.2, 0) is 19.0 Å². The molecule has 4 aromatic rings. The van der Waals surface area contributed by atoms with Crippen LogP contribution in [0, 0.1) is 36.1 Å². The standard InChI is InChI=1S/C32H26F6O/c1-3-4-19-11-22-9-10-23(13-24(22)12-19)20-5-7-21(8-6-20)25-14-29(35)31(30(36)15-25)32(37,38)39-26-16-27(33)18(2)28(34)17-26/h5-10,13-17,19H,3-4,11-12H2,1-2H3. The molecule has 7 heteroatoms. The van der Waals surface area contributed by atoms with Crippen LogP contribution in [0.2, 0.25) is 0 Å². The van der Waals surface area contributed by atoms with E-state index >= 15 is 0 Å². The Morgan fingerprint density at radius 2 is 1.23 bits per heavy atom. The molecule has 4 aromatic carbocycles. The number of ether oxygens (including phenoxy) is 1. The fourth-order valence-electron chi connectivity index (χ4n) is 5.25. The van der Waals surface area contributed by atoms with Gasteiger partial charge in [-0.15, -0.1) is 0 Å². The predicted octanol–water partition coefficient (Wildman–Crippen LogP) is 9.53. The largest absolute Gasteiger partial charge is 0.432 e. The maximum absolute atomic E-state index is 14.8. The molecule has 0 bridgehead atoms. The minimum absolute atomic E-state index is 0.0554. The van der Waals surface area contributed by atoms with E-state index in [9.17, 15) is 26.3 Å². The first-order valence-electron chi connectivity index (χ1n) is 12.8. The van der Waals surface area contributed by atoms with E-state index in [2.05, 4.69) is 29.9 Å². The Morgan fingerprint density at radius 3 is 1.82 bits per heavy atom. The van der Waals surface area contributed by atoms with E-state index in [4.69, 9.17) is 0 Å². The van der Waals surface area contributed by atoms with Crippen LogP contribution >= 0.6 is 0 Å². The third-order valence-corrected chi connectivity index (χ3v) is 7.31. The highest BCUT2D eigenvalue weighted by atomic mass is 19.3. The van der Waals surface area contributed by atoms with Crippen molar-refractivity contribution in [2.45, 2.75) is 45.6 Å². The number of alkyl halides is 2. The fourth-order valence-corrected chi connectivity index (χ4v) is 5.25. The molecule has 1 nitrogen and oxygen atoms in total. The average molecular weight is 541 g/mol. The topological polar surface area (TPSA) is 9.23 Å². The van der Waals surface area contributed by atoms with Gasteiger partial charge in [-0.3, -0.25) is 0 Å². The molecule has 0 radical (unpaired) electrons. The second-order valence-corrected chi connectivity index (χ2v) is 10.1. The predicted molar refractivity (Wildman–Crippen MR) is 139 cm³/mol. The summed E-state index contributed by atoms with van der Waals surface area (Å²) in [7, 11) is 0. The van der Waals surface area contributed by atoms with E-state index in [0.29, 0.717) is 23.6 Å². The summed E-state index contributed by atoms with van der Waals surface area (Å²) in [4.78, 5) is 0. The molecule has 39 heavy (non-hydrogen) atoms. The Morgan fingerprint density at radius 1 is 0.692 bits per heavy atom. The molecule has 1 aliphatic rings. The van der Waals surface area contributed by atoms with Crippen molar-refractivity contribution in [2.75, 3.05) is 0 Å². The number of hydrogen-bond acceptors (Lipinski definition) is 1. The van der Waals surface area contributed by atoms with Gasteiger partial charge in [0.2, 0.25) is 0 Å². The van der Waals surface area contributed by atoms with Gasteiger partial charge in [0.15, 0.2) is 0 Å². The Bertz CT molecular complexity index is 1480. The zero-order valence-corrected chi connectivity index (χ0v) is 21.4. The molecule has 0 heterocycles. The zero-order valence-electron chi connectivity index (χ0n) is 21.4. The highest BCUT2D eigenvalue weighted by Crippen LogP contribution is 2.38. The first-order chi connectivity index (χ1) is 18.6. The second kappa shape index (κ2) is 10.4. The number of halogens is 6. The van der Waals surface area contributed by atoms with Crippen LogP contribution in [0.4, 0.5) is 26.3 Å². The number of rotatable bonds is 7. The lowest BCUT2D eigenvalue weighted by Crippen LogP contribution is -2.25. The van der Waals surface area contributed by atoms with E-state index in [1.165, 1.54) is 17.5 Å². The molecule has 0 spiro atoms. The highest BCUT2D eigenvalue weighted by Gasteiger charge is 2.41. The normalized spacial score (nSPS) is 14.9. The van der Waals surface area contributed by atoms with Crippen molar-refractivity contribution in [3.63, 3.8) is 0 Å². The van der Waals surface area contributed by atoms with Crippen molar-refractivity contribution in [1.29, 1.82) is 0 Å². The van der Waals surface area contributed by atoms with E-state index in [-0.39, 0.29) is 5.56 Å². The van der Waals surface area contributed by atoms with Crippen molar-refractivity contribution in [2.24, 2.45) is 5.92 Å². The van der Waals surface area contributed by atoms with Gasteiger partial charge in [-0.1, -0.05) is 62.2 Å². The molecule has 0 saturated carbocycles. The van der Waals surface area contributed by atoms with Crippen molar-refractivity contribution >= 4 is 0 Å². The molecular formula is C32H26F6O.